The topological polar surface area (TPSA) is 33.1 Å². The van der Waals surface area contributed by atoms with Crippen molar-refractivity contribution >= 4 is 0 Å². The number of nitrogens with zero attached hydrogens (tertiary/aromatic N) is 3. The van der Waals surface area contributed by atoms with Gasteiger partial charge in [0.2, 0.25) is 0 Å². The molecule has 0 fully saturated rings. The Labute approximate surface area is 121 Å². The largest absolute Gasteiger partial charge is 0.310 e. The second-order valence-electron chi connectivity index (χ2n) is 5.51. The zero-order chi connectivity index (χ0) is 14.4. The van der Waals surface area contributed by atoms with Crippen molar-refractivity contribution in [3.63, 3.8) is 0 Å². The molecule has 0 amide bonds. The summed E-state index contributed by atoms with van der Waals surface area (Å²) in [7, 11) is 4.23. The molecule has 0 spiro atoms. The van der Waals surface area contributed by atoms with Gasteiger partial charge in [-0.25, -0.2) is 4.98 Å². The molecule has 0 saturated carbocycles. The normalized spacial score (nSPS) is 12.8. The highest BCUT2D eigenvalue weighted by molar-refractivity contribution is 5.34. The Morgan fingerprint density at radius 2 is 2.00 bits per heavy atom. The van der Waals surface area contributed by atoms with Crippen LogP contribution < -0.4 is 5.32 Å². The molecule has 0 aliphatic rings. The van der Waals surface area contributed by atoms with Crippen LogP contribution in [-0.2, 0) is 6.54 Å². The molecule has 0 aliphatic heterocycles. The van der Waals surface area contributed by atoms with E-state index in [2.05, 4.69) is 60.5 Å². The standard InChI is InChI=1S/C16H24N4/c1-14(8-10-19(2)3)18-12-15-4-6-16(7-5-15)20-11-9-17-13-20/h4-7,9,11,13-14,18H,8,10,12H2,1-3H3. The molecule has 0 bridgehead atoms. The third kappa shape index (κ3) is 4.47. The molecule has 20 heavy (non-hydrogen) atoms. The van der Waals surface area contributed by atoms with Gasteiger partial charge in [0, 0.05) is 30.7 Å². The number of imidazole rings is 1. The lowest BCUT2D eigenvalue weighted by Gasteiger charge is -2.16. The molecule has 1 unspecified atom stereocenters. The van der Waals surface area contributed by atoms with Crippen molar-refractivity contribution in [1.29, 1.82) is 0 Å². The van der Waals surface area contributed by atoms with Crippen LogP contribution in [0.25, 0.3) is 5.69 Å². The maximum absolute atomic E-state index is 4.06. The van der Waals surface area contributed by atoms with Gasteiger partial charge in [0.1, 0.15) is 0 Å². The lowest BCUT2D eigenvalue weighted by atomic mass is 10.1. The third-order valence-electron chi connectivity index (χ3n) is 3.40. The maximum Gasteiger partial charge on any atom is 0.0991 e. The summed E-state index contributed by atoms with van der Waals surface area (Å²) in [5.41, 5.74) is 2.46. The fourth-order valence-corrected chi connectivity index (χ4v) is 2.04. The Morgan fingerprint density at radius 3 is 2.60 bits per heavy atom. The summed E-state index contributed by atoms with van der Waals surface area (Å²) in [6, 6.07) is 9.12. The number of hydrogen-bond acceptors (Lipinski definition) is 3. The molecule has 108 valence electrons. The third-order valence-corrected chi connectivity index (χ3v) is 3.40. The molecule has 1 heterocycles. The van der Waals surface area contributed by atoms with E-state index in [9.17, 15) is 0 Å². The van der Waals surface area contributed by atoms with Gasteiger partial charge in [-0.15, -0.1) is 0 Å². The highest BCUT2D eigenvalue weighted by Gasteiger charge is 2.02. The van der Waals surface area contributed by atoms with Crippen LogP contribution in [0.5, 0.6) is 0 Å². The van der Waals surface area contributed by atoms with E-state index >= 15 is 0 Å². The minimum Gasteiger partial charge on any atom is -0.310 e. The lowest BCUT2D eigenvalue weighted by Crippen LogP contribution is -2.29. The van der Waals surface area contributed by atoms with Gasteiger partial charge in [0.25, 0.3) is 0 Å². The molecule has 0 aliphatic carbocycles. The molecule has 1 atom stereocenters. The number of rotatable bonds is 7. The summed E-state index contributed by atoms with van der Waals surface area (Å²) < 4.78 is 2.01. The van der Waals surface area contributed by atoms with E-state index in [1.54, 1.807) is 6.20 Å². The van der Waals surface area contributed by atoms with Gasteiger partial charge in [0.15, 0.2) is 0 Å². The van der Waals surface area contributed by atoms with E-state index in [-0.39, 0.29) is 0 Å². The van der Waals surface area contributed by atoms with Crippen molar-refractivity contribution < 1.29 is 0 Å². The van der Waals surface area contributed by atoms with Gasteiger partial charge >= 0.3 is 0 Å². The van der Waals surface area contributed by atoms with Gasteiger partial charge in [-0.05, 0) is 51.7 Å². The summed E-state index contributed by atoms with van der Waals surface area (Å²) in [6.45, 7) is 4.27. The quantitative estimate of drug-likeness (QED) is 0.839. The van der Waals surface area contributed by atoms with Gasteiger partial charge in [-0.3, -0.25) is 0 Å². The first-order valence-electron chi connectivity index (χ1n) is 7.10. The molecule has 4 heteroatoms. The van der Waals surface area contributed by atoms with Crippen LogP contribution in [0.2, 0.25) is 0 Å². The first-order chi connectivity index (χ1) is 9.65. The fraction of sp³-hybridized carbons (Fsp3) is 0.438. The van der Waals surface area contributed by atoms with Crippen LogP contribution >= 0.6 is 0 Å². The Bertz CT molecular complexity index is 488. The molecular formula is C16H24N4. The summed E-state index contributed by atoms with van der Waals surface area (Å²) in [5, 5.41) is 3.56. The van der Waals surface area contributed by atoms with Gasteiger partial charge in [0.05, 0.1) is 6.33 Å². The van der Waals surface area contributed by atoms with Crippen LogP contribution in [0.1, 0.15) is 18.9 Å². The highest BCUT2D eigenvalue weighted by atomic mass is 15.1. The van der Waals surface area contributed by atoms with Crippen LogP contribution in [0.3, 0.4) is 0 Å². The zero-order valence-corrected chi connectivity index (χ0v) is 12.6. The summed E-state index contributed by atoms with van der Waals surface area (Å²) in [5.74, 6) is 0. The molecule has 2 aromatic rings. The summed E-state index contributed by atoms with van der Waals surface area (Å²) >= 11 is 0. The molecule has 1 aromatic heterocycles. The number of benzene rings is 1. The molecule has 1 aromatic carbocycles. The van der Waals surface area contributed by atoms with Crippen molar-refractivity contribution in [3.8, 4) is 5.69 Å². The van der Waals surface area contributed by atoms with Crippen molar-refractivity contribution in [3.05, 3.63) is 48.5 Å². The van der Waals surface area contributed by atoms with Crippen LogP contribution in [-0.4, -0.2) is 41.1 Å². The average molecular weight is 272 g/mol. The van der Waals surface area contributed by atoms with Crippen LogP contribution in [0.15, 0.2) is 43.0 Å². The fourth-order valence-electron chi connectivity index (χ4n) is 2.04. The van der Waals surface area contributed by atoms with E-state index < -0.39 is 0 Å². The molecule has 0 radical (unpaired) electrons. The molecule has 1 N–H and O–H groups in total. The van der Waals surface area contributed by atoms with Gasteiger partial charge in [-0.2, -0.15) is 0 Å². The molecular weight excluding hydrogens is 248 g/mol. The first-order valence-corrected chi connectivity index (χ1v) is 7.10. The molecule has 0 saturated heterocycles. The van der Waals surface area contributed by atoms with Gasteiger partial charge in [-0.1, -0.05) is 12.1 Å². The second kappa shape index (κ2) is 7.22. The number of aromatic nitrogens is 2. The zero-order valence-electron chi connectivity index (χ0n) is 12.6. The van der Waals surface area contributed by atoms with E-state index in [1.165, 1.54) is 12.0 Å². The highest BCUT2D eigenvalue weighted by Crippen LogP contribution is 2.09. The predicted molar refractivity (Wildman–Crippen MR) is 83.0 cm³/mol. The minimum absolute atomic E-state index is 0.533. The SMILES string of the molecule is CC(CCN(C)C)NCc1ccc(-n2ccnc2)cc1. The van der Waals surface area contributed by atoms with E-state index in [1.807, 2.05) is 17.1 Å². The van der Waals surface area contributed by atoms with E-state index in [0.717, 1.165) is 18.8 Å². The Morgan fingerprint density at radius 1 is 1.25 bits per heavy atom. The van der Waals surface area contributed by atoms with Crippen LogP contribution in [0.4, 0.5) is 0 Å². The number of nitrogens with one attached hydrogen (secondary N) is 1. The lowest BCUT2D eigenvalue weighted by molar-refractivity contribution is 0.365. The van der Waals surface area contributed by atoms with E-state index in [4.69, 9.17) is 0 Å². The first kappa shape index (κ1) is 14.8. The predicted octanol–water partition coefficient (Wildman–Crippen LogP) is 2.30. The summed E-state index contributed by atoms with van der Waals surface area (Å²) in [6.07, 6.45) is 6.73. The second-order valence-corrected chi connectivity index (χ2v) is 5.51. The average Bonchev–Trinajstić information content (AvgIpc) is 2.97. The minimum atomic E-state index is 0.533. The maximum atomic E-state index is 4.06. The number of hydrogen-bond donors (Lipinski definition) is 1. The molecule has 4 nitrogen and oxygen atoms in total. The van der Waals surface area contributed by atoms with E-state index in [0.29, 0.717) is 6.04 Å². The Balaban J connectivity index is 1.82. The smallest absolute Gasteiger partial charge is 0.0991 e. The monoisotopic (exact) mass is 272 g/mol. The van der Waals surface area contributed by atoms with Crippen molar-refractivity contribution in [2.24, 2.45) is 0 Å². The molecule has 2 rings (SSSR count). The van der Waals surface area contributed by atoms with Crippen molar-refractivity contribution in [2.45, 2.75) is 25.9 Å². The van der Waals surface area contributed by atoms with Crippen LogP contribution in [0, 0.1) is 0 Å². The Hall–Kier alpha value is -1.65. The summed E-state index contributed by atoms with van der Waals surface area (Å²) in [4.78, 5) is 6.28. The van der Waals surface area contributed by atoms with Gasteiger partial charge < -0.3 is 14.8 Å². The Kier molecular flexibility index (Phi) is 5.32. The van der Waals surface area contributed by atoms with Crippen molar-refractivity contribution in [1.82, 2.24) is 19.8 Å². The van der Waals surface area contributed by atoms with Crippen molar-refractivity contribution in [2.75, 3.05) is 20.6 Å².